The van der Waals surface area contributed by atoms with Crippen molar-refractivity contribution in [3.05, 3.63) is 29.0 Å². The third-order valence-electron chi connectivity index (χ3n) is 4.14. The van der Waals surface area contributed by atoms with Gasteiger partial charge in [-0.2, -0.15) is 0 Å². The van der Waals surface area contributed by atoms with Gasteiger partial charge in [-0.15, -0.1) is 0 Å². The van der Waals surface area contributed by atoms with Crippen LogP contribution in [-0.2, 0) is 9.53 Å². The van der Waals surface area contributed by atoms with E-state index < -0.39 is 5.82 Å². The van der Waals surface area contributed by atoms with Crippen LogP contribution in [0.4, 0.5) is 10.1 Å². The van der Waals surface area contributed by atoms with Crippen LogP contribution in [0.3, 0.4) is 0 Å². The number of rotatable bonds is 2. The number of ether oxygens (including phenoxy) is 1. The monoisotopic (exact) mass is 312 g/mol. The van der Waals surface area contributed by atoms with Gasteiger partial charge in [0.15, 0.2) is 0 Å². The second-order valence-corrected chi connectivity index (χ2v) is 5.88. The van der Waals surface area contributed by atoms with Crippen molar-refractivity contribution in [2.24, 2.45) is 5.92 Å². The minimum atomic E-state index is -0.407. The maximum Gasteiger partial charge on any atom is 0.228 e. The van der Waals surface area contributed by atoms with Crippen molar-refractivity contribution in [3.8, 4) is 0 Å². The summed E-state index contributed by atoms with van der Waals surface area (Å²) in [5.41, 5.74) is 0.901. The van der Waals surface area contributed by atoms with Gasteiger partial charge in [0, 0.05) is 38.5 Å². The largest absolute Gasteiger partial charge is 0.381 e. The molecule has 0 aromatic heterocycles. The highest BCUT2D eigenvalue weighted by atomic mass is 35.5. The lowest BCUT2D eigenvalue weighted by Gasteiger charge is -2.37. The van der Waals surface area contributed by atoms with Crippen LogP contribution in [0.1, 0.15) is 6.42 Å². The van der Waals surface area contributed by atoms with Crippen molar-refractivity contribution in [1.82, 2.24) is 4.90 Å². The summed E-state index contributed by atoms with van der Waals surface area (Å²) in [6.45, 7) is 4.08. The number of carbonyl (C=O) groups is 1. The Bertz CT molecular complexity index is 526. The maximum atomic E-state index is 13.2. The van der Waals surface area contributed by atoms with Gasteiger partial charge >= 0.3 is 0 Å². The Balaban J connectivity index is 1.59. The lowest BCUT2D eigenvalue weighted by atomic mass is 10.1. The first-order valence-electron chi connectivity index (χ1n) is 7.21. The minimum Gasteiger partial charge on any atom is -0.381 e. The van der Waals surface area contributed by atoms with Crippen LogP contribution in [0, 0.1) is 11.7 Å². The van der Waals surface area contributed by atoms with Crippen LogP contribution >= 0.6 is 11.6 Å². The first-order chi connectivity index (χ1) is 10.1. The first-order valence-corrected chi connectivity index (χ1v) is 7.59. The average molecular weight is 313 g/mol. The van der Waals surface area contributed by atoms with Crippen LogP contribution in [0.5, 0.6) is 0 Å². The number of nitrogens with zero attached hydrogens (tertiary/aromatic N) is 2. The van der Waals surface area contributed by atoms with Crippen molar-refractivity contribution in [2.45, 2.75) is 6.42 Å². The van der Waals surface area contributed by atoms with E-state index in [0.717, 1.165) is 25.2 Å². The molecule has 0 bridgehead atoms. The van der Waals surface area contributed by atoms with Gasteiger partial charge in [-0.1, -0.05) is 11.6 Å². The summed E-state index contributed by atoms with van der Waals surface area (Å²) in [4.78, 5) is 16.3. The summed E-state index contributed by atoms with van der Waals surface area (Å²) in [6, 6.07) is 4.74. The molecule has 2 aliphatic heterocycles. The molecular weight excluding hydrogens is 295 g/mol. The molecule has 2 fully saturated rings. The van der Waals surface area contributed by atoms with Crippen molar-refractivity contribution >= 4 is 23.2 Å². The number of benzene rings is 1. The average Bonchev–Trinajstić information content (AvgIpc) is 3.04. The number of hydrogen-bond donors (Lipinski definition) is 0. The molecule has 2 heterocycles. The molecule has 0 aliphatic carbocycles. The third-order valence-corrected chi connectivity index (χ3v) is 4.43. The number of amides is 1. The maximum absolute atomic E-state index is 13.2. The molecule has 3 rings (SSSR count). The summed E-state index contributed by atoms with van der Waals surface area (Å²) >= 11 is 5.82. The van der Waals surface area contributed by atoms with Gasteiger partial charge in [-0.05, 0) is 24.6 Å². The summed E-state index contributed by atoms with van der Waals surface area (Å²) in [6.07, 6.45) is 0.826. The van der Waals surface area contributed by atoms with E-state index in [0.29, 0.717) is 26.3 Å². The first kappa shape index (κ1) is 14.6. The summed E-state index contributed by atoms with van der Waals surface area (Å²) in [5, 5.41) is 0.133. The molecule has 0 saturated carbocycles. The number of carbonyl (C=O) groups excluding carboxylic acids is 1. The highest BCUT2D eigenvalue weighted by Crippen LogP contribution is 2.24. The van der Waals surface area contributed by atoms with E-state index >= 15 is 0 Å². The number of hydrogen-bond acceptors (Lipinski definition) is 3. The lowest BCUT2D eigenvalue weighted by molar-refractivity contribution is -0.135. The molecular formula is C15H18ClFN2O2. The summed E-state index contributed by atoms with van der Waals surface area (Å²) in [7, 11) is 0. The van der Waals surface area contributed by atoms with Gasteiger partial charge in [0.1, 0.15) is 5.82 Å². The fourth-order valence-corrected chi connectivity index (χ4v) is 3.03. The predicted octanol–water partition coefficient (Wildman–Crippen LogP) is 2.16. The van der Waals surface area contributed by atoms with E-state index in [1.54, 1.807) is 12.1 Å². The second-order valence-electron chi connectivity index (χ2n) is 5.47. The van der Waals surface area contributed by atoms with Crippen molar-refractivity contribution in [2.75, 3.05) is 44.3 Å². The predicted molar refractivity (Wildman–Crippen MR) is 79.1 cm³/mol. The van der Waals surface area contributed by atoms with Crippen LogP contribution in [0.2, 0.25) is 5.02 Å². The van der Waals surface area contributed by atoms with Gasteiger partial charge < -0.3 is 14.5 Å². The number of halogens is 2. The van der Waals surface area contributed by atoms with Crippen LogP contribution in [0.25, 0.3) is 0 Å². The lowest BCUT2D eigenvalue weighted by Crippen LogP contribution is -2.50. The van der Waals surface area contributed by atoms with Gasteiger partial charge in [0.25, 0.3) is 0 Å². The number of piperazine rings is 1. The van der Waals surface area contributed by atoms with Crippen LogP contribution in [0.15, 0.2) is 18.2 Å². The van der Waals surface area contributed by atoms with E-state index in [9.17, 15) is 9.18 Å². The fraction of sp³-hybridized carbons (Fsp3) is 0.533. The Morgan fingerprint density at radius 1 is 1.29 bits per heavy atom. The zero-order valence-electron chi connectivity index (χ0n) is 11.7. The Morgan fingerprint density at radius 3 is 2.67 bits per heavy atom. The standard InChI is InChI=1S/C15H18ClFN2O2/c16-13-9-12(1-2-14(13)17)18-4-6-19(7-5-18)15(20)11-3-8-21-10-11/h1-2,9,11H,3-8,10H2. The Morgan fingerprint density at radius 2 is 2.05 bits per heavy atom. The van der Waals surface area contributed by atoms with E-state index in [4.69, 9.17) is 16.3 Å². The quantitative estimate of drug-likeness (QED) is 0.839. The molecule has 2 saturated heterocycles. The molecule has 4 nitrogen and oxygen atoms in total. The van der Waals surface area contributed by atoms with Gasteiger partial charge in [-0.3, -0.25) is 4.79 Å². The van der Waals surface area contributed by atoms with Gasteiger partial charge in [0.2, 0.25) is 5.91 Å². The Kier molecular flexibility index (Phi) is 4.31. The molecule has 0 N–H and O–H groups in total. The molecule has 1 unspecified atom stereocenters. The molecule has 2 aliphatic rings. The minimum absolute atomic E-state index is 0.0248. The zero-order valence-corrected chi connectivity index (χ0v) is 12.5. The Hall–Kier alpha value is -1.33. The molecule has 6 heteroatoms. The smallest absolute Gasteiger partial charge is 0.228 e. The molecule has 21 heavy (non-hydrogen) atoms. The molecule has 0 radical (unpaired) electrons. The van der Waals surface area contributed by atoms with Gasteiger partial charge in [-0.25, -0.2) is 4.39 Å². The van der Waals surface area contributed by atoms with Crippen molar-refractivity contribution < 1.29 is 13.9 Å². The third kappa shape index (κ3) is 3.14. The highest BCUT2D eigenvalue weighted by Gasteiger charge is 2.30. The molecule has 1 aromatic carbocycles. The normalized spacial score (nSPS) is 22.7. The van der Waals surface area contributed by atoms with E-state index in [1.165, 1.54) is 6.07 Å². The highest BCUT2D eigenvalue weighted by molar-refractivity contribution is 6.31. The second kappa shape index (κ2) is 6.20. The topological polar surface area (TPSA) is 32.8 Å². The molecule has 1 aromatic rings. The Labute approximate surface area is 128 Å². The van der Waals surface area contributed by atoms with Crippen LogP contribution in [-0.4, -0.2) is 50.2 Å². The SMILES string of the molecule is O=C(C1CCOC1)N1CCN(c2ccc(F)c(Cl)c2)CC1. The van der Waals surface area contributed by atoms with E-state index in [1.807, 2.05) is 4.90 Å². The van der Waals surface area contributed by atoms with Crippen molar-refractivity contribution in [3.63, 3.8) is 0 Å². The van der Waals surface area contributed by atoms with Crippen molar-refractivity contribution in [1.29, 1.82) is 0 Å². The molecule has 114 valence electrons. The zero-order chi connectivity index (χ0) is 14.8. The summed E-state index contributed by atoms with van der Waals surface area (Å²) < 4.78 is 18.5. The summed E-state index contributed by atoms with van der Waals surface area (Å²) in [5.74, 6) is -0.184. The van der Waals surface area contributed by atoms with E-state index in [-0.39, 0.29) is 16.8 Å². The molecule has 1 amide bonds. The molecule has 1 atom stereocenters. The number of anilines is 1. The molecule has 0 spiro atoms. The fourth-order valence-electron chi connectivity index (χ4n) is 2.85. The van der Waals surface area contributed by atoms with E-state index in [2.05, 4.69) is 4.90 Å². The van der Waals surface area contributed by atoms with Crippen LogP contribution < -0.4 is 4.90 Å². The van der Waals surface area contributed by atoms with Gasteiger partial charge in [0.05, 0.1) is 17.5 Å².